The van der Waals surface area contributed by atoms with Crippen LogP contribution in [0.5, 0.6) is 0 Å². The van der Waals surface area contributed by atoms with Gasteiger partial charge in [0.05, 0.1) is 0 Å². The molecule has 2 N–H and O–H groups in total. The van der Waals surface area contributed by atoms with Gasteiger partial charge in [-0.3, -0.25) is 14.6 Å². The minimum Gasteiger partial charge on any atom is -0.356 e. The molecule has 0 bridgehead atoms. The molecule has 2 aliphatic heterocycles. The summed E-state index contributed by atoms with van der Waals surface area (Å²) in [4.78, 5) is 32.2. The lowest BCUT2D eigenvalue weighted by Gasteiger charge is -2.33. The normalized spacial score (nSPS) is 23.4. The van der Waals surface area contributed by atoms with Crippen LogP contribution in [0.2, 0.25) is 0 Å². The molecular weight excluding hydrogens is 445 g/mol. The van der Waals surface area contributed by atoms with Gasteiger partial charge in [-0.25, -0.2) is 0 Å². The van der Waals surface area contributed by atoms with Gasteiger partial charge in [-0.2, -0.15) is 0 Å². The predicted molar refractivity (Wildman–Crippen MR) is 115 cm³/mol. The molecule has 0 aromatic heterocycles. The molecule has 0 spiro atoms. The second-order valence-electron chi connectivity index (χ2n) is 7.00. The van der Waals surface area contributed by atoms with E-state index in [0.717, 1.165) is 38.9 Å². The first-order valence-corrected chi connectivity index (χ1v) is 9.59. The zero-order chi connectivity index (χ0) is 18.2. The molecule has 0 radical (unpaired) electrons. The van der Waals surface area contributed by atoms with Gasteiger partial charge in [0.1, 0.15) is 0 Å². The molecule has 0 aromatic carbocycles. The molecule has 0 saturated carbocycles. The maximum atomic E-state index is 12.4. The highest BCUT2D eigenvalue weighted by atomic mass is 127. The predicted octanol–water partition coefficient (Wildman–Crippen LogP) is 1.57. The Morgan fingerprint density at radius 1 is 1.15 bits per heavy atom. The fourth-order valence-electron chi connectivity index (χ4n) is 3.62. The van der Waals surface area contributed by atoms with Gasteiger partial charge in [-0.1, -0.05) is 6.92 Å². The Hall–Kier alpha value is -1.06. The summed E-state index contributed by atoms with van der Waals surface area (Å²) in [5.41, 5.74) is 0. The fraction of sp³-hybridized carbons (Fsp3) is 0.833. The van der Waals surface area contributed by atoms with Crippen LogP contribution in [0.4, 0.5) is 0 Å². The van der Waals surface area contributed by atoms with E-state index >= 15 is 0 Å². The van der Waals surface area contributed by atoms with E-state index in [-0.39, 0.29) is 41.8 Å². The highest BCUT2D eigenvalue weighted by Gasteiger charge is 2.26. The molecule has 2 unspecified atom stereocenters. The number of rotatable bonds is 5. The zero-order valence-electron chi connectivity index (χ0n) is 16.3. The Balaban J connectivity index is 0.00000338. The third kappa shape index (κ3) is 6.59. The van der Waals surface area contributed by atoms with Crippen molar-refractivity contribution in [1.29, 1.82) is 0 Å². The van der Waals surface area contributed by atoms with Crippen molar-refractivity contribution in [2.24, 2.45) is 4.99 Å². The van der Waals surface area contributed by atoms with E-state index in [4.69, 9.17) is 0 Å². The van der Waals surface area contributed by atoms with Crippen LogP contribution in [-0.4, -0.2) is 72.9 Å². The first-order chi connectivity index (χ1) is 12.0. The lowest BCUT2D eigenvalue weighted by molar-refractivity contribution is -0.134. The molecule has 8 heteroatoms. The number of halogens is 1. The number of likely N-dealkylation sites (tertiary alicyclic amines) is 2. The highest BCUT2D eigenvalue weighted by Crippen LogP contribution is 2.17. The van der Waals surface area contributed by atoms with Crippen molar-refractivity contribution in [3.63, 3.8) is 0 Å². The lowest BCUT2D eigenvalue weighted by atomic mass is 10.0. The summed E-state index contributed by atoms with van der Waals surface area (Å²) in [5, 5.41) is 6.58. The van der Waals surface area contributed by atoms with Gasteiger partial charge in [0.15, 0.2) is 5.96 Å². The molecule has 0 aromatic rings. The highest BCUT2D eigenvalue weighted by molar-refractivity contribution is 14.0. The first-order valence-electron chi connectivity index (χ1n) is 9.59. The smallest absolute Gasteiger partial charge is 0.224 e. The molecular formula is C18H34IN5O2. The van der Waals surface area contributed by atoms with Gasteiger partial charge in [-0.15, -0.1) is 24.0 Å². The van der Waals surface area contributed by atoms with Crippen LogP contribution in [0, 0.1) is 0 Å². The molecule has 7 nitrogen and oxygen atoms in total. The standard InChI is InChI=1S/C18H33N5O2.HI/c1-4-16(24)22-12-9-15(13-22)21-18(19-3)20-10-8-17(25)23-11-6-5-7-14(23)2;/h14-15H,4-13H2,1-3H3,(H2,19,20,21);1H. The van der Waals surface area contributed by atoms with Crippen molar-refractivity contribution in [2.75, 3.05) is 33.2 Å². The van der Waals surface area contributed by atoms with Crippen LogP contribution in [-0.2, 0) is 9.59 Å². The van der Waals surface area contributed by atoms with E-state index < -0.39 is 0 Å². The minimum absolute atomic E-state index is 0. The van der Waals surface area contributed by atoms with Crippen LogP contribution in [0.1, 0.15) is 52.4 Å². The molecule has 2 fully saturated rings. The van der Waals surface area contributed by atoms with Crippen LogP contribution in [0.3, 0.4) is 0 Å². The molecule has 2 rings (SSSR count). The molecule has 2 atom stereocenters. The Morgan fingerprint density at radius 3 is 2.58 bits per heavy atom. The van der Waals surface area contributed by atoms with Crippen LogP contribution in [0.25, 0.3) is 0 Å². The number of piperidine rings is 1. The summed E-state index contributed by atoms with van der Waals surface area (Å²) in [6, 6.07) is 0.582. The van der Waals surface area contributed by atoms with Gasteiger partial charge < -0.3 is 20.4 Å². The maximum Gasteiger partial charge on any atom is 0.224 e. The van der Waals surface area contributed by atoms with Gasteiger partial charge in [0.25, 0.3) is 0 Å². The van der Waals surface area contributed by atoms with E-state index in [2.05, 4.69) is 22.5 Å². The van der Waals surface area contributed by atoms with E-state index in [1.807, 2.05) is 16.7 Å². The fourth-order valence-corrected chi connectivity index (χ4v) is 3.62. The summed E-state index contributed by atoms with van der Waals surface area (Å²) in [6.07, 6.45) is 5.40. The number of guanidine groups is 1. The van der Waals surface area contributed by atoms with E-state index in [9.17, 15) is 9.59 Å². The van der Waals surface area contributed by atoms with Crippen molar-refractivity contribution >= 4 is 41.8 Å². The van der Waals surface area contributed by atoms with E-state index in [1.165, 1.54) is 6.42 Å². The van der Waals surface area contributed by atoms with Crippen molar-refractivity contribution in [3.05, 3.63) is 0 Å². The number of carbonyl (C=O) groups is 2. The lowest BCUT2D eigenvalue weighted by Crippen LogP contribution is -2.47. The largest absolute Gasteiger partial charge is 0.356 e. The molecule has 2 saturated heterocycles. The number of aliphatic imine (C=N–C) groups is 1. The van der Waals surface area contributed by atoms with Crippen molar-refractivity contribution < 1.29 is 9.59 Å². The van der Waals surface area contributed by atoms with Crippen molar-refractivity contribution in [3.8, 4) is 0 Å². The van der Waals surface area contributed by atoms with Gasteiger partial charge in [0.2, 0.25) is 11.8 Å². The van der Waals surface area contributed by atoms with Gasteiger partial charge in [0, 0.05) is 58.2 Å². The number of nitrogens with one attached hydrogen (secondary N) is 2. The summed E-state index contributed by atoms with van der Waals surface area (Å²) >= 11 is 0. The molecule has 2 heterocycles. The molecule has 150 valence electrons. The SMILES string of the molecule is CCC(=O)N1CCC(NC(=NC)NCCC(=O)N2CCCCC2C)C1.I. The summed E-state index contributed by atoms with van der Waals surface area (Å²) < 4.78 is 0. The number of hydrogen-bond acceptors (Lipinski definition) is 3. The Labute approximate surface area is 174 Å². The van der Waals surface area contributed by atoms with Crippen LogP contribution in [0.15, 0.2) is 4.99 Å². The second-order valence-corrected chi connectivity index (χ2v) is 7.00. The Morgan fingerprint density at radius 2 is 1.92 bits per heavy atom. The van der Waals surface area contributed by atoms with Gasteiger partial charge in [-0.05, 0) is 32.6 Å². The molecule has 0 aliphatic carbocycles. The average molecular weight is 479 g/mol. The summed E-state index contributed by atoms with van der Waals surface area (Å²) in [5.74, 6) is 1.12. The average Bonchev–Trinajstić information content (AvgIpc) is 3.09. The third-order valence-electron chi connectivity index (χ3n) is 5.16. The number of hydrogen-bond donors (Lipinski definition) is 2. The van der Waals surface area contributed by atoms with E-state index in [1.54, 1.807) is 7.05 Å². The number of carbonyl (C=O) groups excluding carboxylic acids is 2. The minimum atomic E-state index is 0. The van der Waals surface area contributed by atoms with E-state index in [0.29, 0.717) is 31.4 Å². The van der Waals surface area contributed by atoms with Crippen LogP contribution < -0.4 is 10.6 Å². The number of nitrogens with zero attached hydrogens (tertiary/aromatic N) is 3. The second kappa shape index (κ2) is 11.6. The topological polar surface area (TPSA) is 77.0 Å². The first kappa shape index (κ1) is 23.0. The monoisotopic (exact) mass is 479 g/mol. The van der Waals surface area contributed by atoms with Crippen LogP contribution >= 0.6 is 24.0 Å². The maximum absolute atomic E-state index is 12.4. The molecule has 26 heavy (non-hydrogen) atoms. The Bertz CT molecular complexity index is 500. The van der Waals surface area contributed by atoms with Crippen molar-refractivity contribution in [2.45, 2.75) is 64.5 Å². The van der Waals surface area contributed by atoms with Crippen molar-refractivity contribution in [1.82, 2.24) is 20.4 Å². The summed E-state index contributed by atoms with van der Waals surface area (Å²) in [7, 11) is 1.73. The number of amides is 2. The Kier molecular flexibility index (Phi) is 10.3. The molecule has 2 amide bonds. The summed E-state index contributed by atoms with van der Waals surface area (Å²) in [6.45, 7) is 7.00. The van der Waals surface area contributed by atoms with Gasteiger partial charge >= 0.3 is 0 Å². The molecule has 2 aliphatic rings. The third-order valence-corrected chi connectivity index (χ3v) is 5.16. The quantitative estimate of drug-likeness (QED) is 0.357. The zero-order valence-corrected chi connectivity index (χ0v) is 18.6.